The van der Waals surface area contributed by atoms with Gasteiger partial charge in [-0.15, -0.1) is 0 Å². The van der Waals surface area contributed by atoms with E-state index in [9.17, 15) is 14.4 Å². The third-order valence-electron chi connectivity index (χ3n) is 5.05. The highest BCUT2D eigenvalue weighted by atomic mass is 16.4. The van der Waals surface area contributed by atoms with Crippen LogP contribution < -0.4 is 5.32 Å². The smallest absolute Gasteiger partial charge is 0.305 e. The fourth-order valence-corrected chi connectivity index (χ4v) is 3.84. The van der Waals surface area contributed by atoms with Crippen LogP contribution in [0.15, 0.2) is 0 Å². The van der Waals surface area contributed by atoms with Crippen molar-refractivity contribution in [3.8, 4) is 0 Å². The maximum Gasteiger partial charge on any atom is 0.305 e. The average molecular weight is 324 g/mol. The molecule has 0 bridgehead atoms. The molecule has 2 rings (SSSR count). The van der Waals surface area contributed by atoms with E-state index < -0.39 is 11.5 Å². The van der Waals surface area contributed by atoms with Crippen molar-refractivity contribution in [1.82, 2.24) is 10.2 Å². The second-order valence-electron chi connectivity index (χ2n) is 6.98. The lowest BCUT2D eigenvalue weighted by atomic mass is 9.90. The third-order valence-corrected chi connectivity index (χ3v) is 5.05. The van der Waals surface area contributed by atoms with Gasteiger partial charge >= 0.3 is 5.97 Å². The number of nitrogens with one attached hydrogen (secondary N) is 1. The zero-order valence-corrected chi connectivity index (χ0v) is 14.0. The molecule has 1 aliphatic carbocycles. The largest absolute Gasteiger partial charge is 0.481 e. The molecule has 1 saturated carbocycles. The van der Waals surface area contributed by atoms with E-state index in [0.29, 0.717) is 13.0 Å². The predicted octanol–water partition coefficient (Wildman–Crippen LogP) is 1.93. The summed E-state index contributed by atoms with van der Waals surface area (Å²) in [6, 6.07) is 0. The predicted molar refractivity (Wildman–Crippen MR) is 85.8 cm³/mol. The third kappa shape index (κ3) is 4.69. The first kappa shape index (κ1) is 17.8. The van der Waals surface area contributed by atoms with Gasteiger partial charge in [0.15, 0.2) is 0 Å². The van der Waals surface area contributed by atoms with Gasteiger partial charge in [0.25, 0.3) is 0 Å². The first-order chi connectivity index (χ1) is 11.0. The number of piperidine rings is 1. The minimum absolute atomic E-state index is 0.00998. The van der Waals surface area contributed by atoms with Gasteiger partial charge in [-0.1, -0.05) is 19.8 Å². The van der Waals surface area contributed by atoms with Crippen LogP contribution >= 0.6 is 0 Å². The fraction of sp³-hybridized carbons (Fsp3) is 0.824. The Hall–Kier alpha value is -1.59. The van der Waals surface area contributed by atoms with Crippen LogP contribution in [0.4, 0.5) is 0 Å². The summed E-state index contributed by atoms with van der Waals surface area (Å²) < 4.78 is 0. The van der Waals surface area contributed by atoms with Crippen molar-refractivity contribution in [2.45, 2.75) is 70.3 Å². The van der Waals surface area contributed by atoms with Crippen LogP contribution in [-0.4, -0.2) is 46.4 Å². The summed E-state index contributed by atoms with van der Waals surface area (Å²) in [5, 5.41) is 12.2. The van der Waals surface area contributed by atoms with Crippen molar-refractivity contribution in [1.29, 1.82) is 0 Å². The summed E-state index contributed by atoms with van der Waals surface area (Å²) in [6.07, 6.45) is 6.31. The zero-order valence-electron chi connectivity index (χ0n) is 14.0. The van der Waals surface area contributed by atoms with Crippen LogP contribution in [0.3, 0.4) is 0 Å². The lowest BCUT2D eigenvalue weighted by Gasteiger charge is -2.35. The Bertz CT molecular complexity index is 458. The van der Waals surface area contributed by atoms with Crippen molar-refractivity contribution in [2.24, 2.45) is 5.92 Å². The van der Waals surface area contributed by atoms with E-state index in [1.54, 1.807) is 4.90 Å². The summed E-state index contributed by atoms with van der Waals surface area (Å²) in [5.74, 6) is -1.04. The maximum absolute atomic E-state index is 12.6. The van der Waals surface area contributed by atoms with Gasteiger partial charge in [0.2, 0.25) is 11.8 Å². The van der Waals surface area contributed by atoms with Crippen LogP contribution in [-0.2, 0) is 14.4 Å². The summed E-state index contributed by atoms with van der Waals surface area (Å²) >= 11 is 0. The van der Waals surface area contributed by atoms with E-state index in [2.05, 4.69) is 5.32 Å². The summed E-state index contributed by atoms with van der Waals surface area (Å²) in [5.41, 5.74) is -0.585. The number of carboxylic acid groups (broad SMARTS) is 1. The standard InChI is InChI=1S/C17H28N2O4/c1-2-6-14(20)19-10-5-7-13(12-19)16(23)18-17(11-15(21)22)8-3-4-9-17/h13H,2-12H2,1H3,(H,18,23)(H,21,22). The van der Waals surface area contributed by atoms with Crippen molar-refractivity contribution in [3.05, 3.63) is 0 Å². The monoisotopic (exact) mass is 324 g/mol. The van der Waals surface area contributed by atoms with Crippen LogP contribution in [0.25, 0.3) is 0 Å². The summed E-state index contributed by atoms with van der Waals surface area (Å²) in [7, 11) is 0. The summed E-state index contributed by atoms with van der Waals surface area (Å²) in [6.45, 7) is 3.17. The van der Waals surface area contributed by atoms with Gasteiger partial charge in [0, 0.05) is 19.5 Å². The normalized spacial score (nSPS) is 23.5. The molecule has 1 unspecified atom stereocenters. The van der Waals surface area contributed by atoms with Gasteiger partial charge in [-0.05, 0) is 32.1 Å². The molecule has 0 spiro atoms. The molecular formula is C17H28N2O4. The first-order valence-electron chi connectivity index (χ1n) is 8.77. The molecule has 2 aliphatic rings. The number of nitrogens with zero attached hydrogens (tertiary/aromatic N) is 1. The van der Waals surface area contributed by atoms with E-state index in [1.165, 1.54) is 0 Å². The molecule has 0 aromatic rings. The van der Waals surface area contributed by atoms with Crippen molar-refractivity contribution in [2.75, 3.05) is 13.1 Å². The second kappa shape index (κ2) is 7.79. The number of carbonyl (C=O) groups excluding carboxylic acids is 2. The minimum Gasteiger partial charge on any atom is -0.481 e. The van der Waals surface area contributed by atoms with E-state index >= 15 is 0 Å². The van der Waals surface area contributed by atoms with Crippen LogP contribution in [0, 0.1) is 5.92 Å². The molecule has 6 nitrogen and oxygen atoms in total. The Balaban J connectivity index is 1.96. The Morgan fingerprint density at radius 2 is 1.91 bits per heavy atom. The molecule has 2 N–H and O–H groups in total. The number of amides is 2. The highest BCUT2D eigenvalue weighted by molar-refractivity contribution is 5.82. The van der Waals surface area contributed by atoms with E-state index in [-0.39, 0.29) is 24.2 Å². The van der Waals surface area contributed by atoms with Crippen molar-refractivity contribution < 1.29 is 19.5 Å². The number of carbonyl (C=O) groups is 3. The van der Waals surface area contributed by atoms with E-state index in [1.807, 2.05) is 6.92 Å². The molecule has 1 aliphatic heterocycles. The van der Waals surface area contributed by atoms with Crippen molar-refractivity contribution in [3.63, 3.8) is 0 Å². The fourth-order valence-electron chi connectivity index (χ4n) is 3.84. The second-order valence-corrected chi connectivity index (χ2v) is 6.98. The zero-order chi connectivity index (χ0) is 16.9. The number of rotatable bonds is 6. The molecule has 1 saturated heterocycles. The van der Waals surface area contributed by atoms with E-state index in [0.717, 1.165) is 51.5 Å². The molecule has 0 aromatic carbocycles. The van der Waals surface area contributed by atoms with Crippen LogP contribution in [0.2, 0.25) is 0 Å². The molecule has 2 amide bonds. The molecule has 6 heteroatoms. The molecule has 23 heavy (non-hydrogen) atoms. The van der Waals surface area contributed by atoms with Gasteiger partial charge in [-0.2, -0.15) is 0 Å². The van der Waals surface area contributed by atoms with Crippen LogP contribution in [0.5, 0.6) is 0 Å². The molecule has 0 aromatic heterocycles. The highest BCUT2D eigenvalue weighted by Gasteiger charge is 2.39. The first-order valence-corrected chi connectivity index (χ1v) is 8.77. The van der Waals surface area contributed by atoms with Crippen molar-refractivity contribution >= 4 is 17.8 Å². The van der Waals surface area contributed by atoms with E-state index in [4.69, 9.17) is 5.11 Å². The Morgan fingerprint density at radius 3 is 2.52 bits per heavy atom. The number of aliphatic carboxylic acids is 1. The van der Waals surface area contributed by atoms with Gasteiger partial charge in [-0.25, -0.2) is 0 Å². The van der Waals surface area contributed by atoms with Gasteiger partial charge in [0.1, 0.15) is 0 Å². The Morgan fingerprint density at radius 1 is 1.22 bits per heavy atom. The molecule has 130 valence electrons. The quantitative estimate of drug-likeness (QED) is 0.781. The maximum atomic E-state index is 12.6. The SMILES string of the molecule is CCCC(=O)N1CCCC(C(=O)NC2(CC(=O)O)CCCC2)C1. The molecule has 1 atom stereocenters. The minimum atomic E-state index is -0.865. The summed E-state index contributed by atoms with van der Waals surface area (Å²) in [4.78, 5) is 37.6. The number of hydrogen-bond acceptors (Lipinski definition) is 3. The van der Waals surface area contributed by atoms with Crippen LogP contribution in [0.1, 0.15) is 64.7 Å². The molecule has 0 radical (unpaired) electrons. The number of carboxylic acids is 1. The number of likely N-dealkylation sites (tertiary alicyclic amines) is 1. The molecular weight excluding hydrogens is 296 g/mol. The van der Waals surface area contributed by atoms with Gasteiger partial charge in [-0.3, -0.25) is 14.4 Å². The average Bonchev–Trinajstić information content (AvgIpc) is 2.94. The van der Waals surface area contributed by atoms with Gasteiger partial charge < -0.3 is 15.3 Å². The molecule has 1 heterocycles. The Kier molecular flexibility index (Phi) is 6.02. The Labute approximate surface area is 137 Å². The molecule has 2 fully saturated rings. The topological polar surface area (TPSA) is 86.7 Å². The highest BCUT2D eigenvalue weighted by Crippen LogP contribution is 2.33. The van der Waals surface area contributed by atoms with Gasteiger partial charge in [0.05, 0.1) is 17.9 Å². The number of hydrogen-bond donors (Lipinski definition) is 2. The lowest BCUT2D eigenvalue weighted by Crippen LogP contribution is -2.53. The lowest BCUT2D eigenvalue weighted by molar-refractivity contribution is -0.139.